The van der Waals surface area contributed by atoms with E-state index in [-0.39, 0.29) is 5.11 Å². The number of hydrogen-bond donors (Lipinski definition) is 2. The quantitative estimate of drug-likeness (QED) is 0.232. The van der Waals surface area contributed by atoms with E-state index in [0.717, 1.165) is 15.6 Å². The van der Waals surface area contributed by atoms with Gasteiger partial charge in [-0.25, -0.2) is 4.98 Å². The number of hydrogen-bond acceptors (Lipinski definition) is 5. The molecule has 5 rings (SSSR count). The molecule has 0 spiro atoms. The molecule has 2 heterocycles. The third-order valence-electron chi connectivity index (χ3n) is 4.77. The Morgan fingerprint density at radius 3 is 2.67 bits per heavy atom. The van der Waals surface area contributed by atoms with E-state index in [1.54, 1.807) is 36.4 Å². The average Bonchev–Trinajstić information content (AvgIpc) is 3.36. The van der Waals surface area contributed by atoms with Crippen molar-refractivity contribution in [2.24, 2.45) is 0 Å². The van der Waals surface area contributed by atoms with Crippen LogP contribution in [0, 0.1) is 0 Å². The second kappa shape index (κ2) is 8.93. The van der Waals surface area contributed by atoms with Gasteiger partial charge in [-0.05, 0) is 54.7 Å². The molecule has 0 aliphatic rings. The highest BCUT2D eigenvalue weighted by Gasteiger charge is 2.19. The van der Waals surface area contributed by atoms with Crippen molar-refractivity contribution in [3.05, 3.63) is 80.6 Å². The molecule has 3 aromatic carbocycles. The molecule has 33 heavy (non-hydrogen) atoms. The van der Waals surface area contributed by atoms with E-state index in [9.17, 15) is 4.79 Å². The van der Waals surface area contributed by atoms with Gasteiger partial charge in [0.15, 0.2) is 10.7 Å². The molecule has 0 atom stereocenters. The molecule has 10 heteroatoms. The summed E-state index contributed by atoms with van der Waals surface area (Å²) in [5, 5.41) is 7.91. The van der Waals surface area contributed by atoms with Gasteiger partial charge in [-0.15, -0.1) is 11.3 Å². The Kier molecular flexibility index (Phi) is 5.99. The van der Waals surface area contributed by atoms with Crippen LogP contribution in [0.3, 0.4) is 0 Å². The van der Waals surface area contributed by atoms with Gasteiger partial charge in [0.25, 0.3) is 5.91 Å². The third-order valence-corrected chi connectivity index (χ3v) is 7.20. The summed E-state index contributed by atoms with van der Waals surface area (Å²) < 4.78 is 6.64. The van der Waals surface area contributed by atoms with Crippen LogP contribution in [-0.2, 0) is 0 Å². The van der Waals surface area contributed by atoms with Crippen LogP contribution < -0.4 is 10.6 Å². The third kappa shape index (κ3) is 4.43. The molecular weight excluding hydrogens is 521 g/mol. The number of carbonyl (C=O) groups is 1. The second-order valence-corrected chi connectivity index (χ2v) is 9.66. The van der Waals surface area contributed by atoms with E-state index in [1.165, 1.54) is 11.3 Å². The van der Waals surface area contributed by atoms with Crippen molar-refractivity contribution in [2.75, 3.05) is 5.32 Å². The number of benzene rings is 3. The first-order valence-corrected chi connectivity index (χ1v) is 11.9. The van der Waals surface area contributed by atoms with E-state index in [4.69, 9.17) is 51.4 Å². The lowest BCUT2D eigenvalue weighted by molar-refractivity contribution is 0.0982. The largest absolute Gasteiger partial charge is 0.436 e. The summed E-state index contributed by atoms with van der Waals surface area (Å²) in [5.41, 5.74) is 2.59. The topological polar surface area (TPSA) is 67.2 Å². The minimum atomic E-state index is -0.414. The minimum absolute atomic E-state index is 0.109. The molecule has 0 saturated heterocycles. The smallest absolute Gasteiger partial charge is 0.269 e. The van der Waals surface area contributed by atoms with Crippen molar-refractivity contribution >= 4 is 96.3 Å². The van der Waals surface area contributed by atoms with E-state index >= 15 is 0 Å². The maximum absolute atomic E-state index is 12.8. The predicted molar refractivity (Wildman–Crippen MR) is 140 cm³/mol. The number of thiocarbonyl (C=S) groups is 1. The lowest BCUT2D eigenvalue weighted by atomic mass is 10.2. The number of anilines is 1. The molecule has 5 nitrogen and oxygen atoms in total. The summed E-state index contributed by atoms with van der Waals surface area (Å²) in [7, 11) is 0. The molecule has 2 N–H and O–H groups in total. The van der Waals surface area contributed by atoms with Gasteiger partial charge in [-0.2, -0.15) is 0 Å². The first-order chi connectivity index (χ1) is 15.9. The van der Waals surface area contributed by atoms with Crippen molar-refractivity contribution in [1.29, 1.82) is 0 Å². The number of thiophene rings is 1. The maximum Gasteiger partial charge on any atom is 0.269 e. The average molecular weight is 533 g/mol. The van der Waals surface area contributed by atoms with Crippen molar-refractivity contribution in [3.8, 4) is 11.5 Å². The number of halogens is 3. The van der Waals surface area contributed by atoms with Gasteiger partial charge < -0.3 is 9.73 Å². The highest BCUT2D eigenvalue weighted by molar-refractivity contribution is 7.80. The number of nitrogens with zero attached hydrogens (tertiary/aromatic N) is 1. The Hall–Kier alpha value is -2.68. The summed E-state index contributed by atoms with van der Waals surface area (Å²) in [6, 6.07) is 17.9. The predicted octanol–water partition coefficient (Wildman–Crippen LogP) is 7.80. The molecule has 0 saturated carbocycles. The van der Waals surface area contributed by atoms with Crippen molar-refractivity contribution in [1.82, 2.24) is 10.3 Å². The van der Waals surface area contributed by atoms with Gasteiger partial charge in [0.1, 0.15) is 10.4 Å². The van der Waals surface area contributed by atoms with Gasteiger partial charge in [-0.1, -0.05) is 53.0 Å². The molecule has 164 valence electrons. The lowest BCUT2D eigenvalue weighted by Crippen LogP contribution is -2.33. The summed E-state index contributed by atoms with van der Waals surface area (Å²) in [6.07, 6.45) is 0. The number of para-hydroxylation sites is 2. The zero-order chi connectivity index (χ0) is 23.1. The summed E-state index contributed by atoms with van der Waals surface area (Å²) in [4.78, 5) is 17.6. The zero-order valence-corrected chi connectivity index (χ0v) is 20.4. The Morgan fingerprint density at radius 1 is 1.03 bits per heavy atom. The van der Waals surface area contributed by atoms with Crippen LogP contribution in [0.25, 0.3) is 32.6 Å². The van der Waals surface area contributed by atoms with Crippen LogP contribution in [0.2, 0.25) is 15.1 Å². The standard InChI is InChI=1S/C23H12Cl3N3O2S2/c24-11-5-7-13-18(9-11)33-20(19(13)26)21(30)29-23(32)27-12-6-8-15(25)14(10-12)22-28-16-3-1-2-4-17(16)31-22/h1-10H,(H2,27,29,30,32). The highest BCUT2D eigenvalue weighted by atomic mass is 35.5. The Morgan fingerprint density at radius 2 is 1.85 bits per heavy atom. The molecule has 0 fully saturated rings. The van der Waals surface area contributed by atoms with E-state index in [2.05, 4.69) is 15.6 Å². The van der Waals surface area contributed by atoms with E-state index in [1.807, 2.05) is 24.3 Å². The van der Waals surface area contributed by atoms with Crippen LogP contribution in [0.1, 0.15) is 9.67 Å². The van der Waals surface area contributed by atoms with Gasteiger partial charge in [-0.3, -0.25) is 10.1 Å². The molecule has 2 aromatic heterocycles. The van der Waals surface area contributed by atoms with Crippen LogP contribution in [-0.4, -0.2) is 16.0 Å². The molecule has 0 aliphatic carbocycles. The van der Waals surface area contributed by atoms with Gasteiger partial charge in [0, 0.05) is 20.8 Å². The maximum atomic E-state index is 12.8. The van der Waals surface area contributed by atoms with Crippen LogP contribution in [0.4, 0.5) is 5.69 Å². The van der Waals surface area contributed by atoms with Gasteiger partial charge >= 0.3 is 0 Å². The lowest BCUT2D eigenvalue weighted by Gasteiger charge is -2.10. The summed E-state index contributed by atoms with van der Waals surface area (Å²) >= 11 is 25.4. The van der Waals surface area contributed by atoms with Gasteiger partial charge in [0.05, 0.1) is 15.6 Å². The van der Waals surface area contributed by atoms with Crippen molar-refractivity contribution in [2.45, 2.75) is 0 Å². The van der Waals surface area contributed by atoms with Crippen molar-refractivity contribution < 1.29 is 9.21 Å². The number of fused-ring (bicyclic) bond motifs is 2. The minimum Gasteiger partial charge on any atom is -0.436 e. The molecule has 0 radical (unpaired) electrons. The molecule has 0 unspecified atom stereocenters. The van der Waals surface area contributed by atoms with Crippen LogP contribution >= 0.6 is 58.4 Å². The van der Waals surface area contributed by atoms with Gasteiger partial charge in [0.2, 0.25) is 5.89 Å². The monoisotopic (exact) mass is 531 g/mol. The number of oxazole rings is 1. The van der Waals surface area contributed by atoms with Crippen LogP contribution in [0.5, 0.6) is 0 Å². The normalized spacial score (nSPS) is 11.1. The summed E-state index contributed by atoms with van der Waals surface area (Å²) in [6.45, 7) is 0. The fourth-order valence-corrected chi connectivity index (χ4v) is 5.36. The first-order valence-electron chi connectivity index (χ1n) is 9.54. The second-order valence-electron chi connectivity index (χ2n) is 6.98. The number of nitrogens with one attached hydrogen (secondary N) is 2. The Labute approximate surface area is 212 Å². The Bertz CT molecular complexity index is 1530. The Balaban J connectivity index is 1.35. The summed E-state index contributed by atoms with van der Waals surface area (Å²) in [5.74, 6) is -0.0292. The number of carbonyl (C=O) groups excluding carboxylic acids is 1. The number of aromatic nitrogens is 1. The molecule has 5 aromatic rings. The first kappa shape index (κ1) is 22.1. The fraction of sp³-hybridized carbons (Fsp3) is 0. The SMILES string of the molecule is O=C(NC(=S)Nc1ccc(Cl)c(-c2nc3ccccc3o2)c1)c1sc2cc(Cl)ccc2c1Cl. The fourth-order valence-electron chi connectivity index (χ4n) is 3.26. The number of amides is 1. The molecule has 1 amide bonds. The molecule has 0 bridgehead atoms. The van der Waals surface area contributed by atoms with Crippen LogP contribution in [0.15, 0.2) is 65.1 Å². The van der Waals surface area contributed by atoms with E-state index < -0.39 is 5.91 Å². The highest BCUT2D eigenvalue weighted by Crippen LogP contribution is 2.37. The number of rotatable bonds is 3. The molecule has 0 aliphatic heterocycles. The molecular formula is C23H12Cl3N3O2S2. The zero-order valence-electron chi connectivity index (χ0n) is 16.5. The van der Waals surface area contributed by atoms with Crippen molar-refractivity contribution in [3.63, 3.8) is 0 Å². The van der Waals surface area contributed by atoms with E-state index in [0.29, 0.717) is 42.7 Å².